The number of anilines is 1. The number of methoxy groups -OCH3 is 1. The summed E-state index contributed by atoms with van der Waals surface area (Å²) in [5, 5.41) is 3.25. The molecule has 0 heterocycles. The summed E-state index contributed by atoms with van der Waals surface area (Å²) in [7, 11) is -2.79. The van der Waals surface area contributed by atoms with Crippen LogP contribution in [0.15, 0.2) is 77.7 Å². The highest BCUT2D eigenvalue weighted by Crippen LogP contribution is 2.27. The van der Waals surface area contributed by atoms with Crippen molar-refractivity contribution in [3.8, 4) is 5.75 Å². The molecule has 0 unspecified atom stereocenters. The van der Waals surface area contributed by atoms with Crippen molar-refractivity contribution >= 4 is 44.8 Å². The second-order valence-electron chi connectivity index (χ2n) is 6.63. The molecule has 3 aromatic carbocycles. The van der Waals surface area contributed by atoms with E-state index in [2.05, 4.69) is 10.0 Å². The van der Waals surface area contributed by atoms with Crippen LogP contribution >= 0.6 is 23.2 Å². The summed E-state index contributed by atoms with van der Waals surface area (Å²) in [6.45, 7) is 0. The number of rotatable bonds is 8. The lowest BCUT2D eigenvalue weighted by Crippen LogP contribution is -2.45. The second-order valence-corrected chi connectivity index (χ2v) is 9.15. The standard InChI is InChI=1S/C22H20Cl2N2O4S/c1-30-20-12-11-16(23)14-21(20)31(28,29)26-19(13-15-7-3-2-4-8-15)22(27)25-18-10-6-5-9-17(18)24/h2-12,14,19,26H,13H2,1H3,(H,25,27)/t19-/m0/s1. The molecule has 0 fully saturated rings. The smallest absolute Gasteiger partial charge is 0.245 e. The van der Waals surface area contributed by atoms with Gasteiger partial charge >= 0.3 is 0 Å². The third-order valence-electron chi connectivity index (χ3n) is 4.44. The van der Waals surface area contributed by atoms with Crippen LogP contribution in [-0.2, 0) is 21.2 Å². The number of sulfonamides is 1. The Bertz CT molecular complexity index is 1170. The molecule has 0 saturated carbocycles. The van der Waals surface area contributed by atoms with Gasteiger partial charge in [0.05, 0.1) is 17.8 Å². The molecule has 0 aliphatic heterocycles. The van der Waals surface area contributed by atoms with E-state index in [1.165, 1.54) is 25.3 Å². The first-order valence-corrected chi connectivity index (χ1v) is 11.5. The minimum Gasteiger partial charge on any atom is -0.495 e. The van der Waals surface area contributed by atoms with Gasteiger partial charge < -0.3 is 10.1 Å². The van der Waals surface area contributed by atoms with Gasteiger partial charge in [-0.2, -0.15) is 4.72 Å². The summed E-state index contributed by atoms with van der Waals surface area (Å²) in [6.07, 6.45) is 0.124. The molecule has 0 aliphatic rings. The molecule has 0 aromatic heterocycles. The van der Waals surface area contributed by atoms with Crippen molar-refractivity contribution < 1.29 is 17.9 Å². The molecule has 0 saturated heterocycles. The fraction of sp³-hybridized carbons (Fsp3) is 0.136. The Balaban J connectivity index is 1.93. The quantitative estimate of drug-likeness (QED) is 0.497. The van der Waals surface area contributed by atoms with Gasteiger partial charge in [0.25, 0.3) is 0 Å². The number of hydrogen-bond acceptors (Lipinski definition) is 4. The second kappa shape index (κ2) is 10.2. The maximum absolute atomic E-state index is 13.1. The molecular formula is C22H20Cl2N2O4S. The zero-order valence-electron chi connectivity index (χ0n) is 16.5. The molecule has 0 radical (unpaired) electrons. The third kappa shape index (κ3) is 5.98. The summed E-state index contributed by atoms with van der Waals surface area (Å²) >= 11 is 12.1. The fourth-order valence-electron chi connectivity index (χ4n) is 2.93. The van der Waals surface area contributed by atoms with Gasteiger partial charge in [0, 0.05) is 5.02 Å². The van der Waals surface area contributed by atoms with Gasteiger partial charge in [-0.15, -0.1) is 0 Å². The molecule has 9 heteroatoms. The van der Waals surface area contributed by atoms with Gasteiger partial charge in [-0.3, -0.25) is 4.79 Å². The van der Waals surface area contributed by atoms with Crippen LogP contribution in [0.2, 0.25) is 10.0 Å². The molecule has 1 atom stereocenters. The number of halogens is 2. The zero-order chi connectivity index (χ0) is 22.4. The van der Waals surface area contributed by atoms with Gasteiger partial charge in [0.2, 0.25) is 15.9 Å². The van der Waals surface area contributed by atoms with E-state index in [1.807, 2.05) is 30.3 Å². The van der Waals surface area contributed by atoms with Crippen LogP contribution in [0.3, 0.4) is 0 Å². The fourth-order valence-corrected chi connectivity index (χ4v) is 4.74. The van der Waals surface area contributed by atoms with Crippen LogP contribution in [0, 0.1) is 0 Å². The number of para-hydroxylation sites is 1. The average Bonchev–Trinajstić information content (AvgIpc) is 2.75. The highest BCUT2D eigenvalue weighted by Gasteiger charge is 2.29. The van der Waals surface area contributed by atoms with Crippen molar-refractivity contribution in [2.75, 3.05) is 12.4 Å². The Morgan fingerprint density at radius 1 is 1.00 bits per heavy atom. The topological polar surface area (TPSA) is 84.5 Å². The molecule has 0 aliphatic carbocycles. The van der Waals surface area contributed by atoms with Crippen LogP contribution < -0.4 is 14.8 Å². The first kappa shape index (κ1) is 23.1. The van der Waals surface area contributed by atoms with Crippen molar-refractivity contribution in [1.29, 1.82) is 0 Å². The molecule has 2 N–H and O–H groups in total. The lowest BCUT2D eigenvalue weighted by Gasteiger charge is -2.20. The number of nitrogens with one attached hydrogen (secondary N) is 2. The maximum Gasteiger partial charge on any atom is 0.245 e. The number of amides is 1. The summed E-state index contributed by atoms with van der Waals surface area (Å²) in [5.41, 5.74) is 1.16. The lowest BCUT2D eigenvalue weighted by atomic mass is 10.1. The monoisotopic (exact) mass is 478 g/mol. The van der Waals surface area contributed by atoms with Gasteiger partial charge in [0.1, 0.15) is 16.7 Å². The van der Waals surface area contributed by atoms with E-state index < -0.39 is 22.0 Å². The van der Waals surface area contributed by atoms with E-state index in [4.69, 9.17) is 27.9 Å². The average molecular weight is 479 g/mol. The van der Waals surface area contributed by atoms with Crippen LogP contribution in [-0.4, -0.2) is 27.5 Å². The normalized spacial score (nSPS) is 12.2. The predicted molar refractivity (Wildman–Crippen MR) is 122 cm³/mol. The lowest BCUT2D eigenvalue weighted by molar-refractivity contribution is -0.117. The van der Waals surface area contributed by atoms with Crippen LogP contribution in [0.1, 0.15) is 5.56 Å². The summed E-state index contributed by atoms with van der Waals surface area (Å²) in [4.78, 5) is 12.9. The summed E-state index contributed by atoms with van der Waals surface area (Å²) in [5.74, 6) is -0.441. The molecule has 1 amide bonds. The van der Waals surface area contributed by atoms with E-state index >= 15 is 0 Å². The van der Waals surface area contributed by atoms with Crippen molar-refractivity contribution in [2.24, 2.45) is 0 Å². The maximum atomic E-state index is 13.1. The SMILES string of the molecule is COc1ccc(Cl)cc1S(=O)(=O)N[C@@H](Cc1ccccc1)C(=O)Nc1ccccc1Cl. The molecular weight excluding hydrogens is 459 g/mol. The first-order chi connectivity index (χ1) is 14.8. The predicted octanol–water partition coefficient (Wildman–Crippen LogP) is 4.53. The van der Waals surface area contributed by atoms with Crippen molar-refractivity contribution in [1.82, 2.24) is 4.72 Å². The van der Waals surface area contributed by atoms with Crippen molar-refractivity contribution in [3.05, 3.63) is 88.4 Å². The van der Waals surface area contributed by atoms with E-state index in [0.717, 1.165) is 5.56 Å². The van der Waals surface area contributed by atoms with Crippen LogP contribution in [0.4, 0.5) is 5.69 Å². The molecule has 3 aromatic rings. The van der Waals surface area contributed by atoms with Gasteiger partial charge in [0.15, 0.2) is 0 Å². The number of hydrogen-bond donors (Lipinski definition) is 2. The highest BCUT2D eigenvalue weighted by molar-refractivity contribution is 7.89. The highest BCUT2D eigenvalue weighted by atomic mass is 35.5. The van der Waals surface area contributed by atoms with Crippen LogP contribution in [0.25, 0.3) is 0 Å². The van der Waals surface area contributed by atoms with Gasteiger partial charge in [-0.25, -0.2) is 8.42 Å². The van der Waals surface area contributed by atoms with Gasteiger partial charge in [-0.05, 0) is 42.3 Å². The molecule has 0 bridgehead atoms. The van der Waals surface area contributed by atoms with E-state index in [-0.39, 0.29) is 22.1 Å². The summed E-state index contributed by atoms with van der Waals surface area (Å²) in [6, 6.07) is 18.9. The Hall–Kier alpha value is -2.58. The molecule has 3 rings (SSSR count). The zero-order valence-corrected chi connectivity index (χ0v) is 18.8. The molecule has 0 spiro atoms. The Kier molecular flexibility index (Phi) is 7.56. The Morgan fingerprint density at radius 3 is 2.35 bits per heavy atom. The van der Waals surface area contributed by atoms with Crippen LogP contribution in [0.5, 0.6) is 5.75 Å². The minimum atomic E-state index is -4.15. The molecule has 162 valence electrons. The Morgan fingerprint density at radius 2 is 1.68 bits per heavy atom. The van der Waals surface area contributed by atoms with E-state index in [0.29, 0.717) is 10.7 Å². The third-order valence-corrected chi connectivity index (χ3v) is 6.50. The number of ether oxygens (including phenoxy) is 1. The van der Waals surface area contributed by atoms with E-state index in [9.17, 15) is 13.2 Å². The molecule has 31 heavy (non-hydrogen) atoms. The van der Waals surface area contributed by atoms with Crippen molar-refractivity contribution in [3.63, 3.8) is 0 Å². The van der Waals surface area contributed by atoms with Gasteiger partial charge in [-0.1, -0.05) is 65.7 Å². The minimum absolute atomic E-state index is 0.113. The number of benzene rings is 3. The number of carbonyl (C=O) groups is 1. The molecule has 6 nitrogen and oxygen atoms in total. The van der Waals surface area contributed by atoms with E-state index in [1.54, 1.807) is 24.3 Å². The first-order valence-electron chi connectivity index (χ1n) is 9.25. The van der Waals surface area contributed by atoms with Crippen molar-refractivity contribution in [2.45, 2.75) is 17.4 Å². The Labute approximate surface area is 191 Å². The largest absolute Gasteiger partial charge is 0.495 e. The summed E-state index contributed by atoms with van der Waals surface area (Å²) < 4.78 is 33.9. The number of carbonyl (C=O) groups excluding carboxylic acids is 1.